The first kappa shape index (κ1) is 15.6. The van der Waals surface area contributed by atoms with Gasteiger partial charge in [-0.1, -0.05) is 12.1 Å². The molecule has 0 aliphatic heterocycles. The molecule has 0 radical (unpaired) electrons. The minimum absolute atomic E-state index is 0.241. The van der Waals surface area contributed by atoms with E-state index in [0.717, 1.165) is 5.56 Å². The number of aliphatic hydroxyl groups is 1. The third-order valence-electron chi connectivity index (χ3n) is 2.65. The lowest BCUT2D eigenvalue weighted by molar-refractivity contribution is -0.140. The Morgan fingerprint density at radius 1 is 1.25 bits per heavy atom. The normalized spacial score (nSPS) is 9.90. The van der Waals surface area contributed by atoms with Crippen molar-refractivity contribution >= 4 is 23.6 Å². The number of esters is 1. The predicted octanol–water partition coefficient (Wildman–Crippen LogP) is 0.196. The first-order valence-corrected chi connectivity index (χ1v) is 5.88. The zero-order valence-electron chi connectivity index (χ0n) is 11.0. The summed E-state index contributed by atoms with van der Waals surface area (Å²) in [7, 11) is 1.32. The summed E-state index contributed by atoms with van der Waals surface area (Å²) in [5.74, 6) is -1.12. The van der Waals surface area contributed by atoms with E-state index in [2.05, 4.69) is 4.74 Å². The van der Waals surface area contributed by atoms with E-state index < -0.39 is 18.5 Å². The minimum atomic E-state index is -0.966. The van der Waals surface area contributed by atoms with Crippen molar-refractivity contribution in [2.24, 2.45) is 5.73 Å². The average Bonchev–Trinajstić information content (AvgIpc) is 2.45. The number of rotatable bonds is 5. The molecule has 0 aromatic heterocycles. The van der Waals surface area contributed by atoms with Crippen LogP contribution in [0.4, 0.5) is 10.5 Å². The smallest absolute Gasteiger partial charge is 0.326 e. The SMILES string of the molecule is COC(=O)CCc1ccc(N(C(N)=O)C(=O)CO)cc1. The number of aryl methyl sites for hydroxylation is 1. The summed E-state index contributed by atoms with van der Waals surface area (Å²) in [6.45, 7) is -0.812. The van der Waals surface area contributed by atoms with Crippen molar-refractivity contribution in [2.45, 2.75) is 12.8 Å². The molecule has 7 nitrogen and oxygen atoms in total. The summed E-state index contributed by atoms with van der Waals surface area (Å²) < 4.78 is 4.53. The van der Waals surface area contributed by atoms with Crippen LogP contribution in [-0.4, -0.2) is 36.7 Å². The molecule has 20 heavy (non-hydrogen) atoms. The number of hydrogen-bond donors (Lipinski definition) is 2. The molecule has 1 aromatic rings. The monoisotopic (exact) mass is 280 g/mol. The standard InChI is InChI=1S/C13H16N2O5/c1-20-12(18)7-4-9-2-5-10(6-3-9)15(13(14)19)11(17)8-16/h2-3,5-6,16H,4,7-8H2,1H3,(H2,14,19). The quantitative estimate of drug-likeness (QED) is 0.748. The fourth-order valence-electron chi connectivity index (χ4n) is 1.62. The second-order valence-electron chi connectivity index (χ2n) is 3.97. The van der Waals surface area contributed by atoms with Crippen LogP contribution in [0.2, 0.25) is 0 Å². The number of aliphatic hydroxyl groups excluding tert-OH is 1. The van der Waals surface area contributed by atoms with Crippen LogP contribution in [-0.2, 0) is 20.7 Å². The molecular weight excluding hydrogens is 264 g/mol. The molecule has 0 aliphatic rings. The van der Waals surface area contributed by atoms with Crippen LogP contribution in [0.3, 0.4) is 0 Å². The van der Waals surface area contributed by atoms with E-state index in [1.165, 1.54) is 19.2 Å². The van der Waals surface area contributed by atoms with E-state index >= 15 is 0 Å². The van der Waals surface area contributed by atoms with Gasteiger partial charge in [-0.25, -0.2) is 9.69 Å². The van der Waals surface area contributed by atoms with Crippen molar-refractivity contribution in [1.82, 2.24) is 0 Å². The van der Waals surface area contributed by atoms with Gasteiger partial charge >= 0.3 is 12.0 Å². The fraction of sp³-hybridized carbons (Fsp3) is 0.308. The van der Waals surface area contributed by atoms with E-state index in [1.54, 1.807) is 12.1 Å². The highest BCUT2D eigenvalue weighted by atomic mass is 16.5. The summed E-state index contributed by atoms with van der Waals surface area (Å²) in [5, 5.41) is 8.79. The van der Waals surface area contributed by atoms with Gasteiger partial charge in [0.05, 0.1) is 12.8 Å². The van der Waals surface area contributed by atoms with E-state index in [9.17, 15) is 14.4 Å². The number of benzene rings is 1. The number of amides is 3. The maximum atomic E-state index is 11.4. The number of hydrogen-bond acceptors (Lipinski definition) is 5. The number of urea groups is 1. The predicted molar refractivity (Wildman–Crippen MR) is 70.9 cm³/mol. The lowest BCUT2D eigenvalue weighted by atomic mass is 10.1. The molecule has 3 N–H and O–H groups in total. The van der Waals surface area contributed by atoms with Gasteiger partial charge < -0.3 is 15.6 Å². The molecule has 0 fully saturated rings. The molecule has 0 heterocycles. The number of carbonyl (C=O) groups is 3. The van der Waals surface area contributed by atoms with Crippen LogP contribution in [0.5, 0.6) is 0 Å². The van der Waals surface area contributed by atoms with E-state index in [1.807, 2.05) is 0 Å². The largest absolute Gasteiger partial charge is 0.469 e. The van der Waals surface area contributed by atoms with Crippen molar-refractivity contribution in [3.05, 3.63) is 29.8 Å². The van der Waals surface area contributed by atoms with Gasteiger partial charge in [0.1, 0.15) is 6.61 Å². The van der Waals surface area contributed by atoms with Gasteiger partial charge in [-0.2, -0.15) is 0 Å². The van der Waals surface area contributed by atoms with Crippen LogP contribution >= 0.6 is 0 Å². The second-order valence-corrected chi connectivity index (χ2v) is 3.97. The lowest BCUT2D eigenvalue weighted by Gasteiger charge is -2.17. The number of primary amides is 1. The van der Waals surface area contributed by atoms with Crippen molar-refractivity contribution < 1.29 is 24.2 Å². The molecule has 0 aliphatic carbocycles. The Morgan fingerprint density at radius 2 is 1.85 bits per heavy atom. The number of nitrogens with zero attached hydrogens (tertiary/aromatic N) is 1. The molecule has 108 valence electrons. The summed E-state index contributed by atoms with van der Waals surface area (Å²) >= 11 is 0. The summed E-state index contributed by atoms with van der Waals surface area (Å²) in [6, 6.07) is 5.40. The molecule has 0 saturated heterocycles. The van der Waals surface area contributed by atoms with Gasteiger partial charge in [-0.05, 0) is 24.1 Å². The van der Waals surface area contributed by atoms with Gasteiger partial charge in [0, 0.05) is 6.42 Å². The Hall–Kier alpha value is -2.41. The average molecular weight is 280 g/mol. The third-order valence-corrected chi connectivity index (χ3v) is 2.65. The number of imide groups is 1. The second kappa shape index (κ2) is 7.25. The lowest BCUT2D eigenvalue weighted by Crippen LogP contribution is -2.42. The molecular formula is C13H16N2O5. The van der Waals surface area contributed by atoms with Crippen LogP contribution < -0.4 is 10.6 Å². The number of ether oxygens (including phenoxy) is 1. The van der Waals surface area contributed by atoms with Crippen LogP contribution in [0.25, 0.3) is 0 Å². The number of anilines is 1. The van der Waals surface area contributed by atoms with Crippen molar-refractivity contribution in [2.75, 3.05) is 18.6 Å². The summed E-state index contributed by atoms with van der Waals surface area (Å²) in [6.07, 6.45) is 0.725. The number of carbonyl (C=O) groups excluding carboxylic acids is 3. The topological polar surface area (TPSA) is 110 Å². The van der Waals surface area contributed by atoms with E-state index in [-0.39, 0.29) is 18.1 Å². The Morgan fingerprint density at radius 3 is 2.30 bits per heavy atom. The molecule has 0 saturated carbocycles. The molecule has 0 spiro atoms. The fourth-order valence-corrected chi connectivity index (χ4v) is 1.62. The summed E-state index contributed by atoms with van der Waals surface area (Å²) in [4.78, 5) is 34.3. The molecule has 0 atom stereocenters. The molecule has 0 bridgehead atoms. The van der Waals surface area contributed by atoms with Gasteiger partial charge in [-0.3, -0.25) is 9.59 Å². The molecule has 3 amide bonds. The first-order valence-electron chi connectivity index (χ1n) is 5.88. The number of methoxy groups -OCH3 is 1. The molecule has 7 heteroatoms. The maximum absolute atomic E-state index is 11.4. The van der Waals surface area contributed by atoms with Crippen LogP contribution in [0, 0.1) is 0 Å². The van der Waals surface area contributed by atoms with Gasteiger partial charge in [0.25, 0.3) is 5.91 Å². The maximum Gasteiger partial charge on any atom is 0.326 e. The zero-order valence-corrected chi connectivity index (χ0v) is 11.0. The van der Waals surface area contributed by atoms with Crippen molar-refractivity contribution in [3.8, 4) is 0 Å². The van der Waals surface area contributed by atoms with Gasteiger partial charge in [-0.15, -0.1) is 0 Å². The zero-order chi connectivity index (χ0) is 15.1. The Kier molecular flexibility index (Phi) is 5.67. The van der Waals surface area contributed by atoms with Crippen molar-refractivity contribution in [3.63, 3.8) is 0 Å². The molecule has 0 unspecified atom stereocenters. The van der Waals surface area contributed by atoms with Gasteiger partial charge in [0.2, 0.25) is 0 Å². The highest BCUT2D eigenvalue weighted by molar-refractivity contribution is 6.14. The highest BCUT2D eigenvalue weighted by Crippen LogP contribution is 2.16. The van der Waals surface area contributed by atoms with Crippen LogP contribution in [0.1, 0.15) is 12.0 Å². The molecule has 1 aromatic carbocycles. The Balaban J connectivity index is 2.81. The van der Waals surface area contributed by atoms with E-state index in [0.29, 0.717) is 11.3 Å². The highest BCUT2D eigenvalue weighted by Gasteiger charge is 2.19. The van der Waals surface area contributed by atoms with Crippen molar-refractivity contribution in [1.29, 1.82) is 0 Å². The van der Waals surface area contributed by atoms with Gasteiger partial charge in [0.15, 0.2) is 0 Å². The number of nitrogens with two attached hydrogens (primary N) is 1. The molecule has 1 rings (SSSR count). The Bertz CT molecular complexity index is 498. The Labute approximate surface area is 115 Å². The van der Waals surface area contributed by atoms with E-state index in [4.69, 9.17) is 10.8 Å². The van der Waals surface area contributed by atoms with Crippen LogP contribution in [0.15, 0.2) is 24.3 Å². The minimum Gasteiger partial charge on any atom is -0.469 e. The first-order chi connectivity index (χ1) is 9.49. The third kappa shape index (κ3) is 4.06. The summed E-state index contributed by atoms with van der Waals surface area (Å²) in [5.41, 5.74) is 6.20.